The minimum absolute atomic E-state index is 0.111. The van der Waals surface area contributed by atoms with Crippen LogP contribution in [-0.4, -0.2) is 24.4 Å². The summed E-state index contributed by atoms with van der Waals surface area (Å²) in [6.45, 7) is -0.111. The van der Waals surface area contributed by atoms with Crippen molar-refractivity contribution in [2.45, 2.75) is 0 Å². The summed E-state index contributed by atoms with van der Waals surface area (Å²) in [4.78, 5) is 23.9. The van der Waals surface area contributed by atoms with Crippen LogP contribution in [0.2, 0.25) is 5.02 Å². The van der Waals surface area contributed by atoms with E-state index in [0.29, 0.717) is 5.69 Å². The quantitative estimate of drug-likeness (QED) is 0.669. The maximum atomic E-state index is 12.8. The highest BCUT2D eigenvalue weighted by atomic mass is 35.5. The molecule has 0 heterocycles. The average molecular weight is 338 g/mol. The van der Waals surface area contributed by atoms with Gasteiger partial charge in [0, 0.05) is 23.8 Å². The molecule has 0 radical (unpaired) electrons. The minimum atomic E-state index is -0.560. The number of nitrogens with one attached hydrogen (secondary N) is 1. The lowest BCUT2D eigenvalue weighted by Crippen LogP contribution is -2.30. The van der Waals surface area contributed by atoms with Gasteiger partial charge < -0.3 is 10.2 Å². The fraction of sp³-hybridized carbons (Fsp3) is 0.133. The highest BCUT2D eigenvalue weighted by Gasteiger charge is 2.19. The lowest BCUT2D eigenvalue weighted by atomic mass is 10.2. The summed E-state index contributed by atoms with van der Waals surface area (Å²) >= 11 is 5.76. The molecule has 6 nitrogen and oxygen atoms in total. The molecule has 0 unspecified atom stereocenters. The number of nitro groups is 1. The van der Waals surface area contributed by atoms with Crippen LogP contribution in [-0.2, 0) is 4.79 Å². The Bertz CT molecular complexity index is 737. The Labute approximate surface area is 136 Å². The fourth-order valence-corrected chi connectivity index (χ4v) is 2.17. The van der Waals surface area contributed by atoms with Crippen LogP contribution < -0.4 is 10.2 Å². The number of carbonyl (C=O) groups is 1. The number of anilines is 2. The van der Waals surface area contributed by atoms with E-state index in [1.54, 1.807) is 7.05 Å². The van der Waals surface area contributed by atoms with Gasteiger partial charge in [-0.05, 0) is 36.4 Å². The second-order valence-corrected chi connectivity index (χ2v) is 5.24. The number of carbonyl (C=O) groups excluding carboxylic acids is 1. The van der Waals surface area contributed by atoms with E-state index in [2.05, 4.69) is 5.32 Å². The van der Waals surface area contributed by atoms with Crippen molar-refractivity contribution in [3.63, 3.8) is 0 Å². The van der Waals surface area contributed by atoms with Crippen LogP contribution in [0, 0.1) is 15.9 Å². The maximum Gasteiger partial charge on any atom is 0.294 e. The molecule has 120 valence electrons. The van der Waals surface area contributed by atoms with E-state index in [0.717, 1.165) is 0 Å². The van der Waals surface area contributed by atoms with Crippen LogP contribution in [0.1, 0.15) is 0 Å². The summed E-state index contributed by atoms with van der Waals surface area (Å²) in [5.74, 6) is -0.791. The van der Waals surface area contributed by atoms with E-state index in [1.165, 1.54) is 47.4 Å². The van der Waals surface area contributed by atoms with Crippen LogP contribution in [0.25, 0.3) is 0 Å². The summed E-state index contributed by atoms with van der Waals surface area (Å²) in [5, 5.41) is 13.9. The first-order chi connectivity index (χ1) is 10.9. The van der Waals surface area contributed by atoms with Crippen LogP contribution in [0.5, 0.6) is 0 Å². The van der Waals surface area contributed by atoms with E-state index in [-0.39, 0.29) is 28.8 Å². The molecule has 2 aromatic carbocycles. The van der Waals surface area contributed by atoms with Crippen molar-refractivity contribution in [2.24, 2.45) is 0 Å². The molecule has 0 aliphatic carbocycles. The molecule has 1 amide bonds. The highest BCUT2D eigenvalue weighted by Crippen LogP contribution is 2.30. The highest BCUT2D eigenvalue weighted by molar-refractivity contribution is 6.30. The largest absolute Gasteiger partial charge is 0.360 e. The van der Waals surface area contributed by atoms with E-state index >= 15 is 0 Å². The molecule has 0 saturated heterocycles. The Morgan fingerprint density at radius 2 is 1.96 bits per heavy atom. The van der Waals surface area contributed by atoms with Crippen LogP contribution >= 0.6 is 11.6 Å². The first-order valence-corrected chi connectivity index (χ1v) is 6.95. The van der Waals surface area contributed by atoms with Crippen LogP contribution in [0.4, 0.5) is 21.5 Å². The smallest absolute Gasteiger partial charge is 0.294 e. The zero-order valence-corrected chi connectivity index (χ0v) is 12.9. The fourth-order valence-electron chi connectivity index (χ4n) is 2.00. The standard InChI is InChI=1S/C15H13ClFN3O3/c1-19(13-7-2-10(16)8-14(13)20(22)23)9-15(21)18-12-5-3-11(17)4-6-12/h2-8H,9H2,1H3,(H,18,21). The molecular formula is C15H13ClFN3O3. The number of amides is 1. The number of likely N-dealkylation sites (N-methyl/N-ethyl adjacent to an activating group) is 1. The van der Waals surface area contributed by atoms with E-state index in [1.807, 2.05) is 0 Å². The van der Waals surface area contributed by atoms with Crippen LogP contribution in [0.15, 0.2) is 42.5 Å². The molecule has 0 saturated carbocycles. The first-order valence-electron chi connectivity index (χ1n) is 6.57. The molecule has 0 aromatic heterocycles. The van der Waals surface area contributed by atoms with E-state index in [9.17, 15) is 19.3 Å². The number of rotatable bonds is 5. The molecule has 0 aliphatic rings. The van der Waals surface area contributed by atoms with Gasteiger partial charge in [0.15, 0.2) is 0 Å². The van der Waals surface area contributed by atoms with Crippen molar-refractivity contribution in [3.8, 4) is 0 Å². The zero-order chi connectivity index (χ0) is 17.0. The van der Waals surface area contributed by atoms with Crippen molar-refractivity contribution in [1.82, 2.24) is 0 Å². The number of nitrogens with zero attached hydrogens (tertiary/aromatic N) is 2. The summed E-state index contributed by atoms with van der Waals surface area (Å²) in [6.07, 6.45) is 0. The van der Waals surface area contributed by atoms with Gasteiger partial charge in [0.05, 0.1) is 11.5 Å². The van der Waals surface area contributed by atoms with Crippen molar-refractivity contribution in [3.05, 3.63) is 63.4 Å². The third-order valence-electron chi connectivity index (χ3n) is 3.05. The Morgan fingerprint density at radius 3 is 2.57 bits per heavy atom. The third-order valence-corrected chi connectivity index (χ3v) is 3.29. The van der Waals surface area contributed by atoms with Gasteiger partial charge in [-0.15, -0.1) is 0 Å². The predicted molar refractivity (Wildman–Crippen MR) is 86.4 cm³/mol. The van der Waals surface area contributed by atoms with Gasteiger partial charge in [-0.1, -0.05) is 11.6 Å². The monoisotopic (exact) mass is 337 g/mol. The number of hydrogen-bond acceptors (Lipinski definition) is 4. The van der Waals surface area contributed by atoms with Gasteiger partial charge in [0.1, 0.15) is 11.5 Å². The normalized spacial score (nSPS) is 10.2. The minimum Gasteiger partial charge on any atom is -0.360 e. The van der Waals surface area contributed by atoms with Gasteiger partial charge in [-0.3, -0.25) is 14.9 Å². The molecule has 0 fully saturated rings. The molecule has 2 rings (SSSR count). The summed E-state index contributed by atoms with van der Waals surface area (Å²) < 4.78 is 12.8. The lowest BCUT2D eigenvalue weighted by Gasteiger charge is -2.18. The van der Waals surface area contributed by atoms with Gasteiger partial charge in [-0.2, -0.15) is 0 Å². The molecule has 0 atom stereocenters. The lowest BCUT2D eigenvalue weighted by molar-refractivity contribution is -0.384. The van der Waals surface area contributed by atoms with E-state index in [4.69, 9.17) is 11.6 Å². The first kappa shape index (κ1) is 16.7. The molecule has 1 N–H and O–H groups in total. The Hall–Kier alpha value is -2.67. The summed E-state index contributed by atoms with van der Waals surface area (Å²) in [5.41, 5.74) is 0.527. The Morgan fingerprint density at radius 1 is 1.30 bits per heavy atom. The molecule has 0 spiro atoms. The molecule has 0 bridgehead atoms. The average Bonchev–Trinajstić information content (AvgIpc) is 2.49. The second kappa shape index (κ2) is 7.06. The summed E-state index contributed by atoms with van der Waals surface area (Å²) in [6, 6.07) is 9.53. The maximum absolute atomic E-state index is 12.8. The number of benzene rings is 2. The molecular weight excluding hydrogens is 325 g/mol. The predicted octanol–water partition coefficient (Wildman–Crippen LogP) is 3.46. The molecule has 2 aromatic rings. The van der Waals surface area contributed by atoms with Crippen molar-refractivity contribution in [2.75, 3.05) is 23.8 Å². The Kier molecular flexibility index (Phi) is 5.13. The van der Waals surface area contributed by atoms with Gasteiger partial charge in [0.2, 0.25) is 5.91 Å². The summed E-state index contributed by atoms with van der Waals surface area (Å²) in [7, 11) is 1.56. The van der Waals surface area contributed by atoms with Crippen molar-refractivity contribution in [1.29, 1.82) is 0 Å². The van der Waals surface area contributed by atoms with Crippen LogP contribution in [0.3, 0.4) is 0 Å². The topological polar surface area (TPSA) is 75.5 Å². The van der Waals surface area contributed by atoms with Gasteiger partial charge in [0.25, 0.3) is 5.69 Å². The van der Waals surface area contributed by atoms with Gasteiger partial charge >= 0.3 is 0 Å². The third kappa shape index (κ3) is 4.40. The molecule has 0 aliphatic heterocycles. The molecule has 23 heavy (non-hydrogen) atoms. The van der Waals surface area contributed by atoms with E-state index < -0.39 is 10.7 Å². The number of nitro benzene ring substituents is 1. The second-order valence-electron chi connectivity index (χ2n) is 4.80. The SMILES string of the molecule is CN(CC(=O)Nc1ccc(F)cc1)c1ccc(Cl)cc1[N+](=O)[O-]. The van der Waals surface area contributed by atoms with Crippen molar-refractivity contribution >= 4 is 34.6 Å². The molecule has 8 heteroatoms. The zero-order valence-electron chi connectivity index (χ0n) is 12.1. The Balaban J connectivity index is 2.09. The van der Waals surface area contributed by atoms with Crippen molar-refractivity contribution < 1.29 is 14.1 Å². The number of halogens is 2. The van der Waals surface area contributed by atoms with Gasteiger partial charge in [-0.25, -0.2) is 4.39 Å². The number of hydrogen-bond donors (Lipinski definition) is 1.